The zero-order chi connectivity index (χ0) is 30.3. The molecule has 0 aliphatic rings. The van der Waals surface area contributed by atoms with E-state index in [4.69, 9.17) is 9.47 Å². The Hall–Kier alpha value is -4.04. The molecule has 6 nitrogen and oxygen atoms in total. The van der Waals surface area contributed by atoms with Crippen LogP contribution in [-0.4, -0.2) is 54.4 Å². The normalized spacial score (nSPS) is 10.8. The minimum atomic E-state index is -0.0131. The van der Waals surface area contributed by atoms with Crippen LogP contribution in [0.3, 0.4) is 0 Å². The maximum absolute atomic E-state index is 12.8. The molecule has 43 heavy (non-hydrogen) atoms. The van der Waals surface area contributed by atoms with Gasteiger partial charge in [0.2, 0.25) is 5.91 Å². The number of amides is 1. The average Bonchev–Trinajstić information content (AvgIpc) is 3.07. The van der Waals surface area contributed by atoms with Gasteiger partial charge >= 0.3 is 0 Å². The highest BCUT2D eigenvalue weighted by Crippen LogP contribution is 2.13. The van der Waals surface area contributed by atoms with Crippen LogP contribution in [-0.2, 0) is 27.5 Å². The van der Waals surface area contributed by atoms with Crippen molar-refractivity contribution < 1.29 is 23.9 Å². The smallest absolute Gasteiger partial charge is 0.222 e. The summed E-state index contributed by atoms with van der Waals surface area (Å²) in [5, 5.41) is 0. The highest BCUT2D eigenvalue weighted by atomic mass is 32.1. The van der Waals surface area contributed by atoms with E-state index in [-0.39, 0.29) is 17.5 Å². The number of hydrogen-bond acceptors (Lipinski definition) is 6. The fourth-order valence-electron chi connectivity index (χ4n) is 4.50. The van der Waals surface area contributed by atoms with Crippen molar-refractivity contribution >= 4 is 30.1 Å². The first-order valence-corrected chi connectivity index (χ1v) is 15.1. The quantitative estimate of drug-likeness (QED) is 0.0867. The van der Waals surface area contributed by atoms with Gasteiger partial charge in [0, 0.05) is 41.8 Å². The van der Waals surface area contributed by atoms with Gasteiger partial charge in [-0.25, -0.2) is 0 Å². The second-order valence-electron chi connectivity index (χ2n) is 10.1. The molecule has 4 rings (SSSR count). The summed E-state index contributed by atoms with van der Waals surface area (Å²) >= 11 is 4.23. The molecule has 0 heterocycles. The number of ketones is 2. The maximum Gasteiger partial charge on any atom is 0.222 e. The number of nitrogens with zero attached hydrogens (tertiary/aromatic N) is 1. The largest absolute Gasteiger partial charge is 0.375 e. The van der Waals surface area contributed by atoms with E-state index in [0.29, 0.717) is 80.4 Å². The van der Waals surface area contributed by atoms with Crippen molar-refractivity contribution in [3.8, 4) is 0 Å². The van der Waals surface area contributed by atoms with Crippen LogP contribution in [0.2, 0.25) is 0 Å². The number of carbonyl (C=O) groups excluding carboxylic acids is 3. The Kier molecular flexibility index (Phi) is 12.7. The zero-order valence-electron chi connectivity index (χ0n) is 24.2. The molecule has 0 aromatic heterocycles. The molecule has 0 N–H and O–H groups in total. The van der Waals surface area contributed by atoms with E-state index < -0.39 is 0 Å². The number of thiol groups is 1. The van der Waals surface area contributed by atoms with Gasteiger partial charge in [0.15, 0.2) is 11.6 Å². The molecule has 7 heteroatoms. The van der Waals surface area contributed by atoms with Crippen molar-refractivity contribution in [2.75, 3.05) is 32.1 Å². The molecule has 0 saturated carbocycles. The summed E-state index contributed by atoms with van der Waals surface area (Å²) in [4.78, 5) is 39.8. The molecule has 222 valence electrons. The van der Waals surface area contributed by atoms with Gasteiger partial charge in [-0.15, -0.1) is 0 Å². The number of carbonyl (C=O) groups is 3. The third-order valence-electron chi connectivity index (χ3n) is 6.95. The van der Waals surface area contributed by atoms with Crippen molar-refractivity contribution in [1.82, 2.24) is 4.90 Å². The number of rotatable bonds is 17. The third-order valence-corrected chi connectivity index (χ3v) is 7.27. The van der Waals surface area contributed by atoms with Crippen LogP contribution in [0.25, 0.3) is 0 Å². The van der Waals surface area contributed by atoms with Gasteiger partial charge in [0.25, 0.3) is 0 Å². The maximum atomic E-state index is 12.8. The van der Waals surface area contributed by atoms with E-state index in [1.807, 2.05) is 84.9 Å². The second kappa shape index (κ2) is 17.2. The highest BCUT2D eigenvalue weighted by molar-refractivity contribution is 7.80. The van der Waals surface area contributed by atoms with E-state index in [9.17, 15) is 14.4 Å². The van der Waals surface area contributed by atoms with Crippen molar-refractivity contribution in [3.63, 3.8) is 0 Å². The van der Waals surface area contributed by atoms with E-state index in [0.717, 1.165) is 11.1 Å². The lowest BCUT2D eigenvalue weighted by Gasteiger charge is -2.23. The Morgan fingerprint density at radius 2 is 0.953 bits per heavy atom. The minimum Gasteiger partial charge on any atom is -0.375 e. The molecular formula is C36H37NO5S. The monoisotopic (exact) mass is 595 g/mol. The lowest BCUT2D eigenvalue weighted by molar-refractivity contribution is -0.133. The first-order valence-electron chi connectivity index (χ1n) is 14.5. The van der Waals surface area contributed by atoms with Crippen LogP contribution < -0.4 is 0 Å². The Bertz CT molecular complexity index is 1340. The van der Waals surface area contributed by atoms with Gasteiger partial charge in [-0.2, -0.15) is 12.6 Å². The van der Waals surface area contributed by atoms with E-state index in [2.05, 4.69) is 12.6 Å². The standard InChI is InChI=1S/C36H37NO5S/c38-34(12-7-25-43)37(21-23-41-26-28-13-17-32(18-14-28)35(39)30-8-3-1-4-9-30)22-24-42-27-29-15-19-33(20-16-29)36(40)31-10-5-2-6-11-31/h1-6,8-11,13-20,43H,7,12,21-27H2. The van der Waals surface area contributed by atoms with Gasteiger partial charge in [-0.1, -0.05) is 109 Å². The number of hydrogen-bond donors (Lipinski definition) is 1. The summed E-state index contributed by atoms with van der Waals surface area (Å²) < 4.78 is 11.7. The van der Waals surface area contributed by atoms with Crippen LogP contribution in [0.1, 0.15) is 55.8 Å². The summed E-state index contributed by atoms with van der Waals surface area (Å²) in [6.07, 6.45) is 1.14. The van der Waals surface area contributed by atoms with Crippen molar-refractivity contribution in [2.24, 2.45) is 0 Å². The lowest BCUT2D eigenvalue weighted by Crippen LogP contribution is -2.36. The van der Waals surface area contributed by atoms with Crippen LogP contribution >= 0.6 is 12.6 Å². The fourth-order valence-corrected chi connectivity index (χ4v) is 4.65. The van der Waals surface area contributed by atoms with Crippen LogP contribution in [0, 0.1) is 0 Å². The summed E-state index contributed by atoms with van der Waals surface area (Å²) in [6, 6.07) is 33.2. The van der Waals surface area contributed by atoms with Gasteiger partial charge in [0.1, 0.15) is 0 Å². The summed E-state index contributed by atoms with van der Waals surface area (Å²) in [7, 11) is 0. The Balaban J connectivity index is 1.20. The first-order chi connectivity index (χ1) is 21.0. The van der Waals surface area contributed by atoms with E-state index in [1.165, 1.54) is 0 Å². The SMILES string of the molecule is O=C(c1ccccc1)c1ccc(COCCN(CCOCc2ccc(C(=O)c3ccccc3)cc2)C(=O)CCCS)cc1. The molecule has 0 spiro atoms. The zero-order valence-corrected chi connectivity index (χ0v) is 25.1. The van der Waals surface area contributed by atoms with Crippen LogP contribution in [0.15, 0.2) is 109 Å². The molecule has 0 saturated heterocycles. The Labute approximate surface area is 259 Å². The van der Waals surface area contributed by atoms with Crippen LogP contribution in [0.4, 0.5) is 0 Å². The molecule has 4 aromatic rings. The number of ether oxygens (including phenoxy) is 2. The molecule has 0 radical (unpaired) electrons. The van der Waals surface area contributed by atoms with Gasteiger partial charge < -0.3 is 14.4 Å². The topological polar surface area (TPSA) is 72.9 Å². The molecule has 0 unspecified atom stereocenters. The highest BCUT2D eigenvalue weighted by Gasteiger charge is 2.14. The van der Waals surface area contributed by atoms with E-state index in [1.54, 1.807) is 29.2 Å². The molecule has 1 amide bonds. The summed E-state index contributed by atoms with van der Waals surface area (Å²) in [5.41, 5.74) is 4.49. The fraction of sp³-hybridized carbons (Fsp3) is 0.250. The molecule has 4 aromatic carbocycles. The van der Waals surface area contributed by atoms with Gasteiger partial charge in [-0.05, 0) is 23.3 Å². The average molecular weight is 596 g/mol. The third kappa shape index (κ3) is 10.0. The Morgan fingerprint density at radius 3 is 1.35 bits per heavy atom. The summed E-state index contributed by atoms with van der Waals surface area (Å²) in [5.74, 6) is 0.674. The lowest BCUT2D eigenvalue weighted by atomic mass is 10.0. The molecule has 0 atom stereocenters. The first kappa shape index (κ1) is 31.9. The molecule has 0 fully saturated rings. The van der Waals surface area contributed by atoms with Crippen LogP contribution in [0.5, 0.6) is 0 Å². The molecule has 0 aliphatic heterocycles. The van der Waals surface area contributed by atoms with Gasteiger partial charge in [-0.3, -0.25) is 14.4 Å². The van der Waals surface area contributed by atoms with Crippen molar-refractivity contribution in [2.45, 2.75) is 26.1 Å². The molecule has 0 bridgehead atoms. The number of benzene rings is 4. The minimum absolute atomic E-state index is 0.0131. The summed E-state index contributed by atoms with van der Waals surface area (Å²) in [6.45, 7) is 2.45. The van der Waals surface area contributed by atoms with Crippen molar-refractivity contribution in [1.29, 1.82) is 0 Å². The van der Waals surface area contributed by atoms with Gasteiger partial charge in [0.05, 0.1) is 26.4 Å². The van der Waals surface area contributed by atoms with Crippen molar-refractivity contribution in [3.05, 3.63) is 143 Å². The Morgan fingerprint density at radius 1 is 0.558 bits per heavy atom. The predicted octanol–water partition coefficient (Wildman–Crippen LogP) is 6.42. The van der Waals surface area contributed by atoms with E-state index >= 15 is 0 Å². The molecular weight excluding hydrogens is 558 g/mol. The molecule has 0 aliphatic carbocycles. The predicted molar refractivity (Wildman–Crippen MR) is 172 cm³/mol. The second-order valence-corrected chi connectivity index (χ2v) is 10.5.